The third-order valence-electron chi connectivity index (χ3n) is 5.02. The van der Waals surface area contributed by atoms with Gasteiger partial charge < -0.3 is 19.1 Å². The van der Waals surface area contributed by atoms with Crippen molar-refractivity contribution in [2.45, 2.75) is 6.54 Å². The molecular weight excluding hydrogens is 476 g/mol. The van der Waals surface area contributed by atoms with Gasteiger partial charge >= 0.3 is 5.97 Å². The zero-order valence-corrected chi connectivity index (χ0v) is 19.8. The van der Waals surface area contributed by atoms with Crippen molar-refractivity contribution < 1.29 is 23.8 Å². The molecule has 0 bridgehead atoms. The van der Waals surface area contributed by atoms with E-state index in [1.807, 2.05) is 30.8 Å². The van der Waals surface area contributed by atoms with E-state index >= 15 is 0 Å². The SMILES string of the molecule is Cn1cc(-c2nc(C(=O)OCC(=O)N(Cc3cccs3)c3ccc4c(c3)OCCO4)cs2)cn1. The van der Waals surface area contributed by atoms with E-state index in [2.05, 4.69) is 10.1 Å². The lowest BCUT2D eigenvalue weighted by molar-refractivity contribution is -0.121. The summed E-state index contributed by atoms with van der Waals surface area (Å²) >= 11 is 2.86. The molecule has 11 heteroatoms. The van der Waals surface area contributed by atoms with Crippen molar-refractivity contribution in [1.29, 1.82) is 0 Å². The Kier molecular flexibility index (Phi) is 6.28. The van der Waals surface area contributed by atoms with Crippen LogP contribution in [-0.4, -0.2) is 46.5 Å². The molecule has 174 valence electrons. The molecule has 1 aliphatic rings. The van der Waals surface area contributed by atoms with Crippen LogP contribution >= 0.6 is 22.7 Å². The highest BCUT2D eigenvalue weighted by Gasteiger charge is 2.23. The molecule has 0 N–H and O–H groups in total. The maximum absolute atomic E-state index is 13.2. The summed E-state index contributed by atoms with van der Waals surface area (Å²) < 4.78 is 18.2. The Morgan fingerprint density at radius 3 is 2.79 bits per heavy atom. The van der Waals surface area contributed by atoms with Gasteiger partial charge in [0.2, 0.25) is 0 Å². The number of carbonyl (C=O) groups is 2. The van der Waals surface area contributed by atoms with Crippen molar-refractivity contribution >= 4 is 40.2 Å². The first-order valence-electron chi connectivity index (χ1n) is 10.4. The van der Waals surface area contributed by atoms with E-state index in [0.717, 1.165) is 10.4 Å². The predicted octanol–water partition coefficient (Wildman–Crippen LogP) is 3.77. The highest BCUT2D eigenvalue weighted by Crippen LogP contribution is 2.35. The molecule has 0 aliphatic carbocycles. The van der Waals surface area contributed by atoms with Gasteiger partial charge in [-0.25, -0.2) is 9.78 Å². The smallest absolute Gasteiger partial charge is 0.358 e. The van der Waals surface area contributed by atoms with Gasteiger partial charge in [0.05, 0.1) is 12.7 Å². The molecule has 0 spiro atoms. The quantitative estimate of drug-likeness (QED) is 0.360. The molecule has 4 heterocycles. The normalized spacial score (nSPS) is 12.4. The molecule has 4 aromatic rings. The highest BCUT2D eigenvalue weighted by atomic mass is 32.1. The number of aromatic nitrogens is 3. The first-order valence-corrected chi connectivity index (χ1v) is 12.2. The monoisotopic (exact) mass is 496 g/mol. The third-order valence-corrected chi connectivity index (χ3v) is 6.78. The van der Waals surface area contributed by atoms with Gasteiger partial charge in [-0.15, -0.1) is 22.7 Å². The van der Waals surface area contributed by atoms with Gasteiger partial charge in [0.25, 0.3) is 5.91 Å². The van der Waals surface area contributed by atoms with Crippen LogP contribution in [0.25, 0.3) is 10.6 Å². The molecular formula is C23H20N4O5S2. The summed E-state index contributed by atoms with van der Waals surface area (Å²) in [6.45, 7) is 0.856. The molecule has 0 fully saturated rings. The number of rotatable bonds is 7. The summed E-state index contributed by atoms with van der Waals surface area (Å²) in [5, 5.41) is 8.33. The fourth-order valence-corrected chi connectivity index (χ4v) is 4.85. The number of esters is 1. The van der Waals surface area contributed by atoms with Gasteiger partial charge in [-0.1, -0.05) is 6.07 Å². The Labute approximate surface area is 203 Å². The van der Waals surface area contributed by atoms with E-state index in [9.17, 15) is 9.59 Å². The summed E-state index contributed by atoms with van der Waals surface area (Å²) in [5.74, 6) is 0.201. The molecule has 1 aliphatic heterocycles. The Morgan fingerprint density at radius 2 is 2.03 bits per heavy atom. The second-order valence-corrected chi connectivity index (χ2v) is 9.29. The lowest BCUT2D eigenvalue weighted by Gasteiger charge is -2.25. The molecule has 0 saturated heterocycles. The summed E-state index contributed by atoms with van der Waals surface area (Å²) in [6.07, 6.45) is 3.49. The van der Waals surface area contributed by atoms with Gasteiger partial charge in [-0.05, 0) is 23.6 Å². The summed E-state index contributed by atoms with van der Waals surface area (Å²) in [6, 6.07) is 9.21. The Bertz CT molecular complexity index is 1310. The lowest BCUT2D eigenvalue weighted by atomic mass is 10.2. The molecule has 34 heavy (non-hydrogen) atoms. The number of amides is 1. The minimum atomic E-state index is -0.655. The minimum absolute atomic E-state index is 0.154. The molecule has 0 atom stereocenters. The van der Waals surface area contributed by atoms with Crippen LogP contribution in [0.2, 0.25) is 0 Å². The topological polar surface area (TPSA) is 95.8 Å². The molecule has 1 amide bonds. The summed E-state index contributed by atoms with van der Waals surface area (Å²) in [4.78, 5) is 32.6. The maximum atomic E-state index is 13.2. The average molecular weight is 497 g/mol. The molecule has 1 aromatic carbocycles. The van der Waals surface area contributed by atoms with Crippen LogP contribution in [0.5, 0.6) is 11.5 Å². The summed E-state index contributed by atoms with van der Waals surface area (Å²) in [7, 11) is 1.81. The van der Waals surface area contributed by atoms with Crippen LogP contribution in [0.15, 0.2) is 53.5 Å². The van der Waals surface area contributed by atoms with E-state index in [0.29, 0.717) is 42.0 Å². The molecule has 3 aromatic heterocycles. The summed E-state index contributed by atoms with van der Waals surface area (Å²) in [5.41, 5.74) is 1.59. The van der Waals surface area contributed by atoms with Gasteiger partial charge in [-0.2, -0.15) is 5.10 Å². The third kappa shape index (κ3) is 4.80. The van der Waals surface area contributed by atoms with E-state index in [1.54, 1.807) is 50.7 Å². The van der Waals surface area contributed by atoms with E-state index in [-0.39, 0.29) is 11.6 Å². The number of anilines is 1. The fraction of sp³-hybridized carbons (Fsp3) is 0.217. The number of ether oxygens (including phenoxy) is 3. The molecule has 0 saturated carbocycles. The fourth-order valence-electron chi connectivity index (χ4n) is 3.39. The van der Waals surface area contributed by atoms with Crippen molar-refractivity contribution in [3.63, 3.8) is 0 Å². The molecule has 9 nitrogen and oxygen atoms in total. The second kappa shape index (κ2) is 9.65. The standard InChI is InChI=1S/C23H20N4O5S2/c1-26-11-15(10-24-26)22-25-18(14-34-22)23(29)32-13-21(28)27(12-17-3-2-8-33-17)16-4-5-19-20(9-16)31-7-6-30-19/h2-5,8-11,14H,6-7,12-13H2,1H3. The van der Waals surface area contributed by atoms with Crippen LogP contribution in [0, 0.1) is 0 Å². The Balaban J connectivity index is 1.30. The van der Waals surface area contributed by atoms with Gasteiger partial charge in [0.15, 0.2) is 23.8 Å². The number of aryl methyl sites for hydroxylation is 1. The first-order chi connectivity index (χ1) is 16.6. The predicted molar refractivity (Wildman–Crippen MR) is 128 cm³/mol. The highest BCUT2D eigenvalue weighted by molar-refractivity contribution is 7.13. The molecule has 0 unspecified atom stereocenters. The van der Waals surface area contributed by atoms with Crippen molar-refractivity contribution in [3.8, 4) is 22.1 Å². The number of fused-ring (bicyclic) bond motifs is 1. The van der Waals surface area contributed by atoms with Gasteiger partial charge in [-0.3, -0.25) is 9.48 Å². The number of nitrogens with zero attached hydrogens (tertiary/aromatic N) is 4. The number of benzene rings is 1. The minimum Gasteiger partial charge on any atom is -0.486 e. The van der Waals surface area contributed by atoms with Crippen molar-refractivity contribution in [2.75, 3.05) is 24.7 Å². The van der Waals surface area contributed by atoms with Crippen molar-refractivity contribution in [3.05, 3.63) is 64.1 Å². The van der Waals surface area contributed by atoms with Crippen molar-refractivity contribution in [2.24, 2.45) is 7.05 Å². The van der Waals surface area contributed by atoms with Gasteiger partial charge in [0, 0.05) is 40.8 Å². The van der Waals surface area contributed by atoms with E-state index in [4.69, 9.17) is 14.2 Å². The zero-order valence-electron chi connectivity index (χ0n) is 18.2. The van der Waals surface area contributed by atoms with E-state index in [1.165, 1.54) is 11.3 Å². The van der Waals surface area contributed by atoms with Crippen LogP contribution in [0.4, 0.5) is 5.69 Å². The number of carbonyl (C=O) groups excluding carboxylic acids is 2. The second-order valence-electron chi connectivity index (χ2n) is 7.40. The van der Waals surface area contributed by atoms with Crippen LogP contribution in [-0.2, 0) is 23.1 Å². The van der Waals surface area contributed by atoms with Crippen molar-refractivity contribution in [1.82, 2.24) is 14.8 Å². The number of hydrogen-bond acceptors (Lipinski definition) is 9. The van der Waals surface area contributed by atoms with Crippen LogP contribution < -0.4 is 14.4 Å². The maximum Gasteiger partial charge on any atom is 0.358 e. The Hall–Kier alpha value is -3.70. The lowest BCUT2D eigenvalue weighted by Crippen LogP contribution is -2.34. The zero-order chi connectivity index (χ0) is 23.5. The number of thiazole rings is 1. The van der Waals surface area contributed by atoms with Gasteiger partial charge in [0.1, 0.15) is 18.2 Å². The van der Waals surface area contributed by atoms with Crippen LogP contribution in [0.1, 0.15) is 15.4 Å². The number of hydrogen-bond donors (Lipinski definition) is 0. The van der Waals surface area contributed by atoms with E-state index < -0.39 is 12.6 Å². The van der Waals surface area contributed by atoms with Crippen LogP contribution in [0.3, 0.4) is 0 Å². The first kappa shape index (κ1) is 22.1. The largest absolute Gasteiger partial charge is 0.486 e. The Morgan fingerprint density at radius 1 is 1.18 bits per heavy atom. The molecule has 0 radical (unpaired) electrons. The number of thiophene rings is 1. The molecule has 5 rings (SSSR count). The average Bonchev–Trinajstić information content (AvgIpc) is 3.62.